The fourth-order valence-electron chi connectivity index (χ4n) is 5.58. The summed E-state index contributed by atoms with van der Waals surface area (Å²) in [6.45, 7) is 2.30. The van der Waals surface area contributed by atoms with Gasteiger partial charge in [-0.15, -0.1) is 6.42 Å². The number of carbonyl (C=O) groups is 5. The van der Waals surface area contributed by atoms with Crippen molar-refractivity contribution in [3.8, 4) is 23.5 Å². The van der Waals surface area contributed by atoms with E-state index in [0.29, 0.717) is 16.8 Å². The second-order valence-corrected chi connectivity index (χ2v) is 12.0. The van der Waals surface area contributed by atoms with Gasteiger partial charge in [-0.3, -0.25) is 14.4 Å². The lowest BCUT2D eigenvalue weighted by Gasteiger charge is -2.22. The van der Waals surface area contributed by atoms with Crippen molar-refractivity contribution in [2.75, 3.05) is 38.7 Å². The molecule has 262 valence electrons. The Balaban J connectivity index is 1.29. The second kappa shape index (κ2) is 17.5. The first-order chi connectivity index (χ1) is 24.0. The van der Waals surface area contributed by atoms with Gasteiger partial charge in [0.05, 0.1) is 13.2 Å². The molecule has 0 aromatic heterocycles. The molecule has 5 N–H and O–H groups in total. The first kappa shape index (κ1) is 37.0. The Bertz CT molecular complexity index is 1720. The van der Waals surface area contributed by atoms with Gasteiger partial charge < -0.3 is 40.7 Å². The smallest absolute Gasteiger partial charge is 0.409 e. The predicted molar refractivity (Wildman–Crippen MR) is 185 cm³/mol. The summed E-state index contributed by atoms with van der Waals surface area (Å²) in [7, 11) is 1.59. The summed E-state index contributed by atoms with van der Waals surface area (Å²) < 4.78 is 10.4. The molecule has 0 radical (unpaired) electrons. The minimum Gasteiger partial charge on any atom is -0.448 e. The number of benzene rings is 3. The van der Waals surface area contributed by atoms with E-state index in [4.69, 9.17) is 11.2 Å². The molecule has 1 aliphatic carbocycles. The fourth-order valence-corrected chi connectivity index (χ4v) is 5.58. The third-order valence-corrected chi connectivity index (χ3v) is 8.08. The predicted octanol–water partition coefficient (Wildman–Crippen LogP) is 3.11. The Hall–Kier alpha value is -5.87. The lowest BCUT2D eigenvalue weighted by Crippen LogP contribution is -2.52. The third-order valence-electron chi connectivity index (χ3n) is 8.08. The first-order valence-corrected chi connectivity index (χ1v) is 16.0. The van der Waals surface area contributed by atoms with Crippen molar-refractivity contribution in [2.24, 2.45) is 5.92 Å². The van der Waals surface area contributed by atoms with Crippen LogP contribution >= 0.6 is 0 Å². The molecule has 5 amide bonds. The average molecular weight is 684 g/mol. The fraction of sp³-hybridized carbons (Fsp3) is 0.324. The van der Waals surface area contributed by atoms with Gasteiger partial charge in [0.15, 0.2) is 6.61 Å². The maximum atomic E-state index is 13.1. The van der Waals surface area contributed by atoms with Gasteiger partial charge in [-0.1, -0.05) is 74.4 Å². The van der Waals surface area contributed by atoms with Gasteiger partial charge in [0, 0.05) is 25.2 Å². The molecule has 0 bridgehead atoms. The van der Waals surface area contributed by atoms with Crippen LogP contribution in [0.25, 0.3) is 11.1 Å². The summed E-state index contributed by atoms with van der Waals surface area (Å²) in [4.78, 5) is 63.8. The number of rotatable bonds is 14. The highest BCUT2D eigenvalue weighted by Gasteiger charge is 2.30. The molecular weight excluding hydrogens is 642 g/mol. The van der Waals surface area contributed by atoms with Crippen LogP contribution in [0.5, 0.6) is 0 Å². The van der Waals surface area contributed by atoms with E-state index in [-0.39, 0.29) is 38.2 Å². The number of nitrogens with zero attached hydrogens (tertiary/aromatic N) is 1. The second-order valence-electron chi connectivity index (χ2n) is 12.0. The van der Waals surface area contributed by atoms with Gasteiger partial charge in [0.2, 0.25) is 17.7 Å². The van der Waals surface area contributed by atoms with Crippen molar-refractivity contribution in [3.63, 3.8) is 0 Å². The molecule has 0 fully saturated rings. The van der Waals surface area contributed by atoms with E-state index in [1.54, 1.807) is 39.1 Å². The summed E-state index contributed by atoms with van der Waals surface area (Å²) in [5.74, 6) is -0.0824. The Kier molecular flexibility index (Phi) is 12.9. The van der Waals surface area contributed by atoms with Crippen LogP contribution in [0.3, 0.4) is 0 Å². The number of hydrogen-bond acceptors (Lipinski definition) is 8. The number of alkyl carbamates (subject to hydrolysis) is 1. The van der Waals surface area contributed by atoms with E-state index in [1.165, 1.54) is 4.90 Å². The average Bonchev–Trinajstić information content (AvgIpc) is 3.43. The molecule has 1 unspecified atom stereocenters. The van der Waals surface area contributed by atoms with Gasteiger partial charge in [-0.2, -0.15) is 0 Å². The van der Waals surface area contributed by atoms with Gasteiger partial charge in [-0.25, -0.2) is 9.59 Å². The number of anilines is 1. The maximum absolute atomic E-state index is 13.1. The number of nitrogens with one attached hydrogen (secondary N) is 4. The minimum atomic E-state index is -0.984. The van der Waals surface area contributed by atoms with Crippen LogP contribution in [0, 0.1) is 18.3 Å². The third kappa shape index (κ3) is 9.61. The molecule has 0 saturated carbocycles. The number of terminal acetylenes is 1. The van der Waals surface area contributed by atoms with Crippen LogP contribution in [-0.4, -0.2) is 79.3 Å². The number of aliphatic hydroxyl groups excluding tert-OH is 1. The quantitative estimate of drug-likeness (QED) is 0.161. The number of fused-ring (bicyclic) bond motifs is 3. The monoisotopic (exact) mass is 683 g/mol. The van der Waals surface area contributed by atoms with Crippen molar-refractivity contribution in [1.29, 1.82) is 0 Å². The molecule has 0 saturated heterocycles. The largest absolute Gasteiger partial charge is 0.448 e. The molecule has 4 rings (SSSR count). The van der Waals surface area contributed by atoms with Crippen LogP contribution in [0.2, 0.25) is 0 Å². The molecule has 50 heavy (non-hydrogen) atoms. The highest BCUT2D eigenvalue weighted by molar-refractivity contribution is 5.96. The van der Waals surface area contributed by atoms with Crippen LogP contribution in [0.1, 0.15) is 42.0 Å². The van der Waals surface area contributed by atoms with Crippen LogP contribution < -0.4 is 21.3 Å². The van der Waals surface area contributed by atoms with Crippen molar-refractivity contribution < 1.29 is 38.6 Å². The van der Waals surface area contributed by atoms with Crippen LogP contribution in [0.4, 0.5) is 15.3 Å². The van der Waals surface area contributed by atoms with Crippen LogP contribution in [-0.2, 0) is 37.0 Å². The van der Waals surface area contributed by atoms with Gasteiger partial charge in [0.25, 0.3) is 0 Å². The highest BCUT2D eigenvalue weighted by atomic mass is 16.6. The van der Waals surface area contributed by atoms with Gasteiger partial charge in [-0.05, 0) is 51.4 Å². The van der Waals surface area contributed by atoms with Crippen molar-refractivity contribution in [1.82, 2.24) is 20.9 Å². The lowest BCUT2D eigenvalue weighted by atomic mass is 9.98. The molecule has 0 aliphatic heterocycles. The van der Waals surface area contributed by atoms with E-state index in [0.717, 1.165) is 22.3 Å². The molecule has 1 atom stereocenters. The highest BCUT2D eigenvalue weighted by Crippen LogP contribution is 2.44. The topological polar surface area (TPSA) is 175 Å². The molecular formula is C37H41N5O8. The molecule has 3 aromatic carbocycles. The van der Waals surface area contributed by atoms with E-state index in [2.05, 4.69) is 44.1 Å². The number of carbonyl (C=O) groups excluding carboxylic acids is 5. The summed E-state index contributed by atoms with van der Waals surface area (Å²) in [6.07, 6.45) is 3.60. The standard InChI is InChI=1S/C37H41N5O8/c1-5-16-49-36(47)39-19-33(45)41-34(23(2)3)35(46)38-18-32(44)40-26-15-14-24(21-43)25(17-26)20-42(4)37(48)50-22-31-29-12-8-6-10-27(29)28-11-7-9-13-30(28)31/h1,6-15,17,23,31,34,43H,16,18-22H2,2-4H3,(H,38,46)(H,39,47)(H,40,44)(H,41,45). The maximum Gasteiger partial charge on any atom is 0.409 e. The van der Waals surface area contributed by atoms with E-state index in [9.17, 15) is 29.1 Å². The number of aliphatic hydroxyl groups is 1. The molecule has 0 spiro atoms. The van der Waals surface area contributed by atoms with Gasteiger partial charge in [0.1, 0.15) is 19.2 Å². The Morgan fingerprint density at radius 2 is 1.52 bits per heavy atom. The van der Waals surface area contributed by atoms with E-state index < -0.39 is 49.0 Å². The minimum absolute atomic E-state index is 0.0915. The molecule has 13 nitrogen and oxygen atoms in total. The number of hydrogen-bond donors (Lipinski definition) is 5. The number of ether oxygens (including phenoxy) is 2. The normalized spacial score (nSPS) is 12.1. The molecule has 1 aliphatic rings. The van der Waals surface area contributed by atoms with E-state index >= 15 is 0 Å². The summed E-state index contributed by atoms with van der Waals surface area (Å²) >= 11 is 0. The summed E-state index contributed by atoms with van der Waals surface area (Å²) in [6, 6.07) is 20.0. The Morgan fingerprint density at radius 3 is 2.14 bits per heavy atom. The summed E-state index contributed by atoms with van der Waals surface area (Å²) in [5, 5.41) is 19.9. The van der Waals surface area contributed by atoms with E-state index in [1.807, 2.05) is 36.4 Å². The van der Waals surface area contributed by atoms with Crippen molar-refractivity contribution in [2.45, 2.75) is 39.0 Å². The Labute approximate surface area is 290 Å². The zero-order chi connectivity index (χ0) is 36.2. The SMILES string of the molecule is C#CCOC(=O)NCC(=O)NC(C(=O)NCC(=O)Nc1ccc(CO)c(CN(C)C(=O)OCC2c3ccccc3-c3ccccc32)c1)C(C)C. The number of amides is 5. The van der Waals surface area contributed by atoms with Crippen LogP contribution in [0.15, 0.2) is 66.7 Å². The molecule has 0 heterocycles. The Morgan fingerprint density at radius 1 is 0.880 bits per heavy atom. The lowest BCUT2D eigenvalue weighted by molar-refractivity contribution is -0.130. The van der Waals surface area contributed by atoms with Crippen molar-refractivity contribution >= 4 is 35.6 Å². The zero-order valence-corrected chi connectivity index (χ0v) is 28.2. The first-order valence-electron chi connectivity index (χ1n) is 16.0. The summed E-state index contributed by atoms with van der Waals surface area (Å²) in [5.41, 5.74) is 5.98. The molecule has 13 heteroatoms. The molecule has 3 aromatic rings. The van der Waals surface area contributed by atoms with Crippen molar-refractivity contribution in [3.05, 3.63) is 89.0 Å². The zero-order valence-electron chi connectivity index (χ0n) is 28.2. The van der Waals surface area contributed by atoms with Gasteiger partial charge >= 0.3 is 12.2 Å².